The van der Waals surface area contributed by atoms with Gasteiger partial charge in [-0.1, -0.05) is 34.1 Å². The first-order chi connectivity index (χ1) is 9.97. The van der Waals surface area contributed by atoms with E-state index in [-0.39, 0.29) is 10.7 Å². The third-order valence-corrected chi connectivity index (χ3v) is 5.14. The van der Waals surface area contributed by atoms with Crippen molar-refractivity contribution in [2.24, 2.45) is 4.40 Å². The number of nitrogens with zero attached hydrogens (tertiary/aromatic N) is 2. The molecule has 7 heteroatoms. The second kappa shape index (κ2) is 5.23. The Hall–Kier alpha value is -1.73. The fraction of sp³-hybridized carbons (Fsp3) is 0.0714. The van der Waals surface area contributed by atoms with E-state index in [4.69, 9.17) is 0 Å². The normalized spacial score (nSPS) is 15.8. The van der Waals surface area contributed by atoms with Gasteiger partial charge in [0, 0.05) is 4.47 Å². The minimum atomic E-state index is -3.63. The molecular formula is C14H10BrFN2O2S. The molecule has 0 radical (unpaired) electrons. The van der Waals surface area contributed by atoms with Crippen LogP contribution >= 0.6 is 15.9 Å². The van der Waals surface area contributed by atoms with Crippen LogP contribution in [0.15, 0.2) is 56.2 Å². The van der Waals surface area contributed by atoms with Crippen molar-refractivity contribution in [2.75, 3.05) is 4.90 Å². The fourth-order valence-electron chi connectivity index (χ4n) is 2.11. The van der Waals surface area contributed by atoms with Gasteiger partial charge in [-0.05, 0) is 29.8 Å². The zero-order valence-corrected chi connectivity index (χ0v) is 13.1. The number of para-hydroxylation sites is 1. The van der Waals surface area contributed by atoms with Crippen molar-refractivity contribution in [3.8, 4) is 0 Å². The van der Waals surface area contributed by atoms with Gasteiger partial charge in [0.1, 0.15) is 17.1 Å². The van der Waals surface area contributed by atoms with Gasteiger partial charge < -0.3 is 4.90 Å². The molecule has 0 atom stereocenters. The van der Waals surface area contributed by atoms with Crippen LogP contribution in [0, 0.1) is 5.82 Å². The zero-order valence-electron chi connectivity index (χ0n) is 10.7. The minimum absolute atomic E-state index is 0.172. The smallest absolute Gasteiger partial charge is 0.285 e. The average Bonchev–Trinajstić information content (AvgIpc) is 2.45. The number of fused-ring (bicyclic) bond motifs is 1. The third-order valence-electron chi connectivity index (χ3n) is 3.13. The van der Waals surface area contributed by atoms with Gasteiger partial charge in [-0.3, -0.25) is 0 Å². The lowest BCUT2D eigenvalue weighted by molar-refractivity contribution is 0.597. The highest BCUT2D eigenvalue weighted by Crippen LogP contribution is 2.31. The number of hydrogen-bond acceptors (Lipinski definition) is 3. The van der Waals surface area contributed by atoms with Gasteiger partial charge in [-0.25, -0.2) is 4.39 Å². The first kappa shape index (κ1) is 14.2. The molecule has 1 aliphatic heterocycles. The molecule has 0 N–H and O–H groups in total. The molecule has 0 unspecified atom stereocenters. The number of halogens is 2. The Labute approximate surface area is 130 Å². The molecule has 3 rings (SSSR count). The van der Waals surface area contributed by atoms with Crippen LogP contribution in [0.3, 0.4) is 0 Å². The molecule has 4 nitrogen and oxygen atoms in total. The molecule has 0 spiro atoms. The molecule has 0 fully saturated rings. The van der Waals surface area contributed by atoms with Gasteiger partial charge in [-0.15, -0.1) is 4.40 Å². The van der Waals surface area contributed by atoms with E-state index in [9.17, 15) is 12.8 Å². The Balaban J connectivity index is 2.01. The number of rotatable bonds is 2. The van der Waals surface area contributed by atoms with Crippen molar-refractivity contribution in [1.29, 1.82) is 0 Å². The minimum Gasteiger partial charge on any atom is -0.326 e. The third kappa shape index (κ3) is 2.71. The molecule has 0 amide bonds. The molecule has 2 aromatic rings. The predicted octanol–water partition coefficient (Wildman–Crippen LogP) is 3.33. The Kier molecular flexibility index (Phi) is 3.54. The van der Waals surface area contributed by atoms with Crippen LogP contribution in [-0.4, -0.2) is 14.8 Å². The van der Waals surface area contributed by atoms with E-state index in [2.05, 4.69) is 20.3 Å². The van der Waals surface area contributed by atoms with Crippen LogP contribution in [0.4, 0.5) is 10.1 Å². The standard InChI is InChI=1S/C14H10BrFN2O2S/c15-12-7-11(16)6-5-10(12)8-18-9-17-21(19,20)14-4-2-1-3-13(14)18/h1-7,9H,8H2. The van der Waals surface area contributed by atoms with Crippen LogP contribution in [0.2, 0.25) is 0 Å². The van der Waals surface area contributed by atoms with Crippen molar-refractivity contribution in [1.82, 2.24) is 0 Å². The maximum atomic E-state index is 13.1. The number of sulfonamides is 1. The van der Waals surface area contributed by atoms with Crippen LogP contribution < -0.4 is 4.90 Å². The summed E-state index contributed by atoms with van der Waals surface area (Å²) in [7, 11) is -3.63. The van der Waals surface area contributed by atoms with E-state index in [1.165, 1.54) is 24.5 Å². The van der Waals surface area contributed by atoms with Crippen LogP contribution in [0.25, 0.3) is 0 Å². The lowest BCUT2D eigenvalue weighted by Crippen LogP contribution is -2.26. The first-order valence-corrected chi connectivity index (χ1v) is 8.31. The summed E-state index contributed by atoms with van der Waals surface area (Å²) in [5, 5.41) is 0. The van der Waals surface area contributed by atoms with E-state index in [1.807, 2.05) is 0 Å². The molecule has 1 aliphatic rings. The monoisotopic (exact) mass is 368 g/mol. The largest absolute Gasteiger partial charge is 0.326 e. The number of anilines is 1. The van der Waals surface area contributed by atoms with E-state index in [0.717, 1.165) is 5.56 Å². The molecule has 0 saturated carbocycles. The van der Waals surface area contributed by atoms with Gasteiger partial charge in [0.05, 0.1) is 12.2 Å². The van der Waals surface area contributed by atoms with Crippen LogP contribution in [0.1, 0.15) is 5.56 Å². The summed E-state index contributed by atoms with van der Waals surface area (Å²) in [4.78, 5) is 1.89. The summed E-state index contributed by atoms with van der Waals surface area (Å²) in [6.07, 6.45) is 1.29. The molecule has 2 aromatic carbocycles. The molecule has 0 aromatic heterocycles. The van der Waals surface area contributed by atoms with Gasteiger partial charge in [-0.2, -0.15) is 8.42 Å². The maximum Gasteiger partial charge on any atom is 0.285 e. The highest BCUT2D eigenvalue weighted by Gasteiger charge is 2.25. The maximum absolute atomic E-state index is 13.1. The van der Waals surface area contributed by atoms with Crippen LogP contribution in [-0.2, 0) is 16.6 Å². The van der Waals surface area contributed by atoms with Crippen molar-refractivity contribution >= 4 is 38.0 Å². The van der Waals surface area contributed by atoms with Gasteiger partial charge >= 0.3 is 0 Å². The Morgan fingerprint density at radius 3 is 2.71 bits per heavy atom. The lowest BCUT2D eigenvalue weighted by atomic mass is 10.2. The second-order valence-corrected chi connectivity index (χ2v) is 6.98. The van der Waals surface area contributed by atoms with Crippen molar-refractivity contribution in [3.05, 3.63) is 58.3 Å². The van der Waals surface area contributed by atoms with Gasteiger partial charge in [0.2, 0.25) is 0 Å². The molecule has 0 aliphatic carbocycles. The van der Waals surface area contributed by atoms with Gasteiger partial charge in [0.15, 0.2) is 0 Å². The van der Waals surface area contributed by atoms with Crippen molar-refractivity contribution in [3.63, 3.8) is 0 Å². The molecule has 1 heterocycles. The summed E-state index contributed by atoms with van der Waals surface area (Å²) < 4.78 is 41.2. The predicted molar refractivity (Wildman–Crippen MR) is 82.4 cm³/mol. The molecular weight excluding hydrogens is 359 g/mol. The molecule has 108 valence electrons. The second-order valence-electron chi connectivity index (χ2n) is 4.53. The summed E-state index contributed by atoms with van der Waals surface area (Å²) >= 11 is 3.31. The van der Waals surface area contributed by atoms with Gasteiger partial charge in [0.25, 0.3) is 10.0 Å². The van der Waals surface area contributed by atoms with E-state index in [0.29, 0.717) is 16.7 Å². The zero-order chi connectivity index (χ0) is 15.0. The Bertz CT molecular complexity index is 837. The lowest BCUT2D eigenvalue weighted by Gasteiger charge is -2.25. The molecule has 21 heavy (non-hydrogen) atoms. The molecule has 0 saturated heterocycles. The summed E-state index contributed by atoms with van der Waals surface area (Å²) in [6.45, 7) is 0.386. The molecule has 0 bridgehead atoms. The number of benzene rings is 2. The fourth-order valence-corrected chi connectivity index (χ4v) is 3.64. The van der Waals surface area contributed by atoms with E-state index < -0.39 is 10.0 Å². The van der Waals surface area contributed by atoms with Crippen molar-refractivity contribution < 1.29 is 12.8 Å². The topological polar surface area (TPSA) is 49.7 Å². The Morgan fingerprint density at radius 1 is 1.19 bits per heavy atom. The van der Waals surface area contributed by atoms with Crippen LogP contribution in [0.5, 0.6) is 0 Å². The summed E-state index contributed by atoms with van der Waals surface area (Å²) in [6, 6.07) is 11.1. The SMILES string of the molecule is O=S1(=O)N=CN(Cc2ccc(F)cc2Br)c2ccccc21. The summed E-state index contributed by atoms with van der Waals surface area (Å²) in [5.41, 5.74) is 1.39. The van der Waals surface area contributed by atoms with E-state index >= 15 is 0 Å². The Morgan fingerprint density at radius 2 is 1.95 bits per heavy atom. The first-order valence-electron chi connectivity index (χ1n) is 6.07. The highest BCUT2D eigenvalue weighted by molar-refractivity contribution is 9.10. The van der Waals surface area contributed by atoms with Crippen molar-refractivity contribution in [2.45, 2.75) is 11.4 Å². The summed E-state index contributed by atoms with van der Waals surface area (Å²) in [5.74, 6) is -0.332. The average molecular weight is 369 g/mol. The highest BCUT2D eigenvalue weighted by atomic mass is 79.9. The quantitative estimate of drug-likeness (QED) is 0.816. The number of hydrogen-bond donors (Lipinski definition) is 0. The van der Waals surface area contributed by atoms with E-state index in [1.54, 1.807) is 29.2 Å².